The zero-order chi connectivity index (χ0) is 17.5. The van der Waals surface area contributed by atoms with Gasteiger partial charge in [0, 0.05) is 44.8 Å². The van der Waals surface area contributed by atoms with Gasteiger partial charge in [0.1, 0.15) is 0 Å². The monoisotopic (exact) mass is 368 g/mol. The Balaban J connectivity index is 0.00000312. The summed E-state index contributed by atoms with van der Waals surface area (Å²) in [5, 5.41) is 6.21. The van der Waals surface area contributed by atoms with Crippen molar-refractivity contribution in [2.24, 2.45) is 0 Å². The number of nitrogens with one attached hydrogen (secondary N) is 2. The fraction of sp³-hybridized carbons (Fsp3) is 0.556. The van der Waals surface area contributed by atoms with Gasteiger partial charge >= 0.3 is 0 Å². The Labute approximate surface area is 156 Å². The molecule has 1 aliphatic rings. The lowest BCUT2D eigenvalue weighted by Crippen LogP contribution is -2.47. The molecule has 0 spiro atoms. The summed E-state index contributed by atoms with van der Waals surface area (Å²) in [7, 11) is 1.87. The van der Waals surface area contributed by atoms with Crippen LogP contribution in [-0.2, 0) is 9.59 Å². The molecular weight excluding hydrogens is 340 g/mol. The third-order valence-corrected chi connectivity index (χ3v) is 4.34. The van der Waals surface area contributed by atoms with Crippen LogP contribution in [0.2, 0.25) is 0 Å². The maximum atomic E-state index is 12.2. The third-order valence-electron chi connectivity index (χ3n) is 4.34. The van der Waals surface area contributed by atoms with Gasteiger partial charge in [-0.25, -0.2) is 0 Å². The molecule has 1 heterocycles. The van der Waals surface area contributed by atoms with E-state index in [1.165, 1.54) is 0 Å². The van der Waals surface area contributed by atoms with E-state index >= 15 is 0 Å². The third kappa shape index (κ3) is 6.65. The van der Waals surface area contributed by atoms with Gasteiger partial charge in [0.15, 0.2) is 0 Å². The minimum absolute atomic E-state index is 0. The molecule has 2 amide bonds. The second-order valence-corrected chi connectivity index (χ2v) is 6.43. The molecule has 0 unspecified atom stereocenters. The lowest BCUT2D eigenvalue weighted by Gasteiger charge is -2.28. The minimum atomic E-state index is -0.0514. The van der Waals surface area contributed by atoms with Crippen LogP contribution in [0.4, 0.5) is 5.69 Å². The second-order valence-electron chi connectivity index (χ2n) is 6.43. The summed E-state index contributed by atoms with van der Waals surface area (Å²) in [6, 6.07) is 5.95. The van der Waals surface area contributed by atoms with Gasteiger partial charge in [0.05, 0.1) is 6.54 Å². The normalized spacial score (nSPS) is 14.2. The zero-order valence-corrected chi connectivity index (χ0v) is 16.1. The van der Waals surface area contributed by atoms with Crippen molar-refractivity contribution >= 4 is 29.9 Å². The number of benzene rings is 1. The topological polar surface area (TPSA) is 64.7 Å². The number of piperazine rings is 1. The lowest BCUT2D eigenvalue weighted by atomic mass is 10.1. The molecule has 0 radical (unpaired) electrons. The zero-order valence-electron chi connectivity index (χ0n) is 15.3. The Hall–Kier alpha value is -1.63. The van der Waals surface area contributed by atoms with Crippen molar-refractivity contribution in [1.29, 1.82) is 0 Å². The number of halogens is 1. The van der Waals surface area contributed by atoms with Crippen LogP contribution in [0.15, 0.2) is 18.2 Å². The van der Waals surface area contributed by atoms with Gasteiger partial charge in [0.25, 0.3) is 0 Å². The number of likely N-dealkylation sites (N-methyl/N-ethyl adjacent to an activating group) is 1. The van der Waals surface area contributed by atoms with Crippen molar-refractivity contribution in [2.75, 3.05) is 51.6 Å². The van der Waals surface area contributed by atoms with E-state index in [0.717, 1.165) is 43.0 Å². The van der Waals surface area contributed by atoms with Crippen LogP contribution in [0.25, 0.3) is 0 Å². The van der Waals surface area contributed by atoms with Crippen molar-refractivity contribution in [1.82, 2.24) is 15.1 Å². The number of hydrogen-bond acceptors (Lipinski definition) is 4. The standard InChI is InChI=1S/C18H28N4O2.ClH/c1-14-5-4-6-15(2)18(14)20-16(23)13-21(3)10-7-17(24)22-11-8-19-9-12-22;/h4-6,19H,7-13H2,1-3H3,(H,20,23);1H. The molecule has 0 atom stereocenters. The van der Waals surface area contributed by atoms with Crippen molar-refractivity contribution in [2.45, 2.75) is 20.3 Å². The molecular formula is C18H29ClN4O2. The highest BCUT2D eigenvalue weighted by Gasteiger charge is 2.17. The van der Waals surface area contributed by atoms with Crippen LogP contribution < -0.4 is 10.6 Å². The summed E-state index contributed by atoms with van der Waals surface area (Å²) < 4.78 is 0. The number of para-hydroxylation sites is 1. The molecule has 6 nitrogen and oxygen atoms in total. The maximum Gasteiger partial charge on any atom is 0.238 e. The summed E-state index contributed by atoms with van der Waals surface area (Å²) in [5.41, 5.74) is 2.99. The number of carbonyl (C=O) groups excluding carboxylic acids is 2. The van der Waals surface area contributed by atoms with Crippen molar-refractivity contribution in [3.63, 3.8) is 0 Å². The Kier molecular flexibility index (Phi) is 8.89. The molecule has 0 aliphatic carbocycles. The average Bonchev–Trinajstić information content (AvgIpc) is 2.57. The second kappa shape index (κ2) is 10.4. The molecule has 2 rings (SSSR count). The Morgan fingerprint density at radius 3 is 2.40 bits per heavy atom. The Morgan fingerprint density at radius 1 is 1.20 bits per heavy atom. The first-order chi connectivity index (χ1) is 11.5. The predicted molar refractivity (Wildman–Crippen MR) is 103 cm³/mol. The minimum Gasteiger partial charge on any atom is -0.340 e. The van der Waals surface area contributed by atoms with E-state index in [1.54, 1.807) is 0 Å². The first-order valence-electron chi connectivity index (χ1n) is 8.50. The van der Waals surface area contributed by atoms with Crippen LogP contribution in [0.5, 0.6) is 0 Å². The fourth-order valence-electron chi connectivity index (χ4n) is 2.87. The number of anilines is 1. The molecule has 1 aromatic rings. The van der Waals surface area contributed by atoms with Crippen LogP contribution >= 0.6 is 12.4 Å². The van der Waals surface area contributed by atoms with E-state index in [4.69, 9.17) is 0 Å². The van der Waals surface area contributed by atoms with Crippen molar-refractivity contribution in [3.8, 4) is 0 Å². The van der Waals surface area contributed by atoms with Gasteiger partial charge in [-0.05, 0) is 32.0 Å². The highest BCUT2D eigenvalue weighted by molar-refractivity contribution is 5.93. The van der Waals surface area contributed by atoms with Gasteiger partial charge < -0.3 is 15.5 Å². The highest BCUT2D eigenvalue weighted by atomic mass is 35.5. The van der Waals surface area contributed by atoms with Crippen LogP contribution in [0.3, 0.4) is 0 Å². The molecule has 1 aromatic carbocycles. The highest BCUT2D eigenvalue weighted by Crippen LogP contribution is 2.19. The van der Waals surface area contributed by atoms with Crippen LogP contribution in [0, 0.1) is 13.8 Å². The van der Waals surface area contributed by atoms with E-state index in [-0.39, 0.29) is 30.8 Å². The lowest BCUT2D eigenvalue weighted by molar-refractivity contribution is -0.132. The number of hydrogen-bond donors (Lipinski definition) is 2. The number of rotatable bonds is 6. The molecule has 1 aliphatic heterocycles. The Morgan fingerprint density at radius 2 is 1.80 bits per heavy atom. The number of carbonyl (C=O) groups is 2. The van der Waals surface area contributed by atoms with E-state index in [9.17, 15) is 9.59 Å². The fourth-order valence-corrected chi connectivity index (χ4v) is 2.87. The van der Waals surface area contributed by atoms with Gasteiger partial charge in [-0.1, -0.05) is 18.2 Å². The molecule has 7 heteroatoms. The number of aryl methyl sites for hydroxylation is 2. The molecule has 1 fully saturated rings. The first-order valence-corrected chi connectivity index (χ1v) is 8.50. The summed E-state index contributed by atoms with van der Waals surface area (Å²) in [5.74, 6) is 0.114. The molecule has 0 saturated carbocycles. The van der Waals surface area contributed by atoms with Gasteiger partial charge in [-0.3, -0.25) is 14.5 Å². The van der Waals surface area contributed by atoms with Crippen LogP contribution in [0.1, 0.15) is 17.5 Å². The van der Waals surface area contributed by atoms with E-state index in [1.807, 2.05) is 48.9 Å². The SMILES string of the molecule is Cc1cccc(C)c1NC(=O)CN(C)CCC(=O)N1CCNCC1.Cl. The van der Waals surface area contributed by atoms with Crippen LogP contribution in [-0.4, -0.2) is 67.9 Å². The van der Waals surface area contributed by atoms with E-state index < -0.39 is 0 Å². The molecule has 140 valence electrons. The molecule has 25 heavy (non-hydrogen) atoms. The van der Waals surface area contributed by atoms with Gasteiger partial charge in [0.2, 0.25) is 11.8 Å². The molecule has 0 aromatic heterocycles. The van der Waals surface area contributed by atoms with E-state index in [2.05, 4.69) is 10.6 Å². The molecule has 1 saturated heterocycles. The first kappa shape index (κ1) is 21.4. The molecule has 0 bridgehead atoms. The quantitative estimate of drug-likeness (QED) is 0.797. The average molecular weight is 369 g/mol. The number of amides is 2. The van der Waals surface area contributed by atoms with Gasteiger partial charge in [-0.15, -0.1) is 12.4 Å². The molecule has 2 N–H and O–H groups in total. The van der Waals surface area contributed by atoms with Gasteiger partial charge in [-0.2, -0.15) is 0 Å². The summed E-state index contributed by atoms with van der Waals surface area (Å²) in [6.07, 6.45) is 0.452. The predicted octanol–water partition coefficient (Wildman–Crippen LogP) is 1.42. The summed E-state index contributed by atoms with van der Waals surface area (Å²) in [6.45, 7) is 8.10. The number of nitrogens with zero attached hydrogens (tertiary/aromatic N) is 2. The summed E-state index contributed by atoms with van der Waals surface area (Å²) in [4.78, 5) is 28.1. The van der Waals surface area contributed by atoms with Crippen molar-refractivity contribution < 1.29 is 9.59 Å². The van der Waals surface area contributed by atoms with E-state index in [0.29, 0.717) is 13.0 Å². The summed E-state index contributed by atoms with van der Waals surface area (Å²) >= 11 is 0. The smallest absolute Gasteiger partial charge is 0.238 e. The van der Waals surface area contributed by atoms with Crippen molar-refractivity contribution in [3.05, 3.63) is 29.3 Å². The largest absolute Gasteiger partial charge is 0.340 e. The maximum absolute atomic E-state index is 12.2. The Bertz CT molecular complexity index is 568.